The van der Waals surface area contributed by atoms with Gasteiger partial charge in [-0.1, -0.05) is 18.5 Å². The molecule has 0 aliphatic rings. The highest BCUT2D eigenvalue weighted by Gasteiger charge is 2.04. The summed E-state index contributed by atoms with van der Waals surface area (Å²) in [5, 5.41) is 3.25. The quantitative estimate of drug-likeness (QED) is 0.634. The fourth-order valence-electron chi connectivity index (χ4n) is 1.10. The predicted octanol–water partition coefficient (Wildman–Crippen LogP) is 3.75. The maximum atomic E-state index is 12.9. The van der Waals surface area contributed by atoms with E-state index in [1.807, 2.05) is 13.8 Å². The van der Waals surface area contributed by atoms with Crippen LogP contribution in [0.4, 0.5) is 10.1 Å². The Kier molecular flexibility index (Phi) is 5.10. The molecule has 17 heavy (non-hydrogen) atoms. The van der Waals surface area contributed by atoms with E-state index in [1.165, 1.54) is 12.1 Å². The number of guanidine groups is 1. The maximum absolute atomic E-state index is 12.9. The van der Waals surface area contributed by atoms with E-state index in [9.17, 15) is 4.39 Å². The average Bonchev–Trinajstić information content (AvgIpc) is 2.31. The maximum Gasteiger partial charge on any atom is 0.222 e. The van der Waals surface area contributed by atoms with Crippen molar-refractivity contribution >= 4 is 29.0 Å². The molecule has 0 heterocycles. The van der Waals surface area contributed by atoms with Gasteiger partial charge in [0.2, 0.25) is 5.96 Å². The van der Waals surface area contributed by atoms with Gasteiger partial charge >= 0.3 is 0 Å². The molecule has 0 fully saturated rings. The molecule has 0 spiro atoms. The summed E-state index contributed by atoms with van der Waals surface area (Å²) in [6, 6.07) is 4.13. The molecule has 92 valence electrons. The van der Waals surface area contributed by atoms with Crippen LogP contribution in [0.15, 0.2) is 28.2 Å². The van der Waals surface area contributed by atoms with Gasteiger partial charge in [0.15, 0.2) is 0 Å². The lowest BCUT2D eigenvalue weighted by atomic mass is 10.3. The molecule has 0 amide bonds. The Morgan fingerprint density at radius 1 is 1.47 bits per heavy atom. The summed E-state index contributed by atoms with van der Waals surface area (Å²) in [4.78, 5) is 8.28. The molecule has 0 saturated carbocycles. The number of halogens is 2. The Morgan fingerprint density at radius 3 is 2.71 bits per heavy atom. The number of benzene rings is 1. The summed E-state index contributed by atoms with van der Waals surface area (Å²) in [5.41, 5.74) is 1.54. The van der Waals surface area contributed by atoms with E-state index in [2.05, 4.69) is 15.3 Å². The highest BCUT2D eigenvalue weighted by molar-refractivity contribution is 6.33. The van der Waals surface area contributed by atoms with Crippen molar-refractivity contribution in [2.75, 3.05) is 12.4 Å². The van der Waals surface area contributed by atoms with E-state index in [0.29, 0.717) is 16.7 Å². The van der Waals surface area contributed by atoms with Gasteiger partial charge in [0, 0.05) is 12.8 Å². The Hall–Kier alpha value is -1.42. The van der Waals surface area contributed by atoms with Crippen LogP contribution in [-0.2, 0) is 0 Å². The first-order valence-electron chi connectivity index (χ1n) is 5.29. The molecule has 0 saturated heterocycles. The van der Waals surface area contributed by atoms with E-state index >= 15 is 0 Å². The second kappa shape index (κ2) is 6.35. The molecular weight excluding hydrogens is 241 g/mol. The van der Waals surface area contributed by atoms with E-state index in [-0.39, 0.29) is 5.82 Å². The van der Waals surface area contributed by atoms with Crippen LogP contribution in [0.2, 0.25) is 5.02 Å². The average molecular weight is 256 g/mol. The minimum Gasteiger partial charge on any atom is -0.323 e. The predicted molar refractivity (Wildman–Crippen MR) is 71.8 cm³/mol. The zero-order valence-corrected chi connectivity index (χ0v) is 10.8. The molecule has 1 aromatic carbocycles. The first-order chi connectivity index (χ1) is 8.06. The highest BCUT2D eigenvalue weighted by Crippen LogP contribution is 2.22. The standard InChI is InChI=1S/C12H15ClFN3/c1-4-8(2)16-12(15-3)17-11-6-5-9(14)7-10(11)13/h5-7H,4H2,1-3H3,(H,15,17)/b16-8-. The SMILES string of the molecule is CC/C(C)=N\C(=NC)Nc1ccc(F)cc1Cl. The first-order valence-corrected chi connectivity index (χ1v) is 5.67. The Bertz CT molecular complexity index is 455. The summed E-state index contributed by atoms with van der Waals surface area (Å²) >= 11 is 5.90. The van der Waals surface area contributed by atoms with Gasteiger partial charge in [-0.05, 0) is 31.5 Å². The van der Waals surface area contributed by atoms with Crippen LogP contribution in [0.3, 0.4) is 0 Å². The third-order valence-electron chi connectivity index (χ3n) is 2.20. The van der Waals surface area contributed by atoms with Gasteiger partial charge < -0.3 is 5.32 Å². The molecule has 3 nitrogen and oxygen atoms in total. The molecule has 0 aliphatic heterocycles. The Morgan fingerprint density at radius 2 is 2.18 bits per heavy atom. The van der Waals surface area contributed by atoms with Crippen LogP contribution in [-0.4, -0.2) is 18.7 Å². The van der Waals surface area contributed by atoms with Crippen molar-refractivity contribution < 1.29 is 4.39 Å². The molecule has 0 atom stereocenters. The number of nitrogens with zero attached hydrogens (tertiary/aromatic N) is 2. The first kappa shape index (κ1) is 13.6. The van der Waals surface area contributed by atoms with Gasteiger partial charge in [0.25, 0.3) is 0 Å². The molecule has 0 aromatic heterocycles. The van der Waals surface area contributed by atoms with Gasteiger partial charge in [-0.3, -0.25) is 4.99 Å². The number of hydrogen-bond acceptors (Lipinski definition) is 1. The highest BCUT2D eigenvalue weighted by atomic mass is 35.5. The number of nitrogens with one attached hydrogen (secondary N) is 1. The van der Waals surface area contributed by atoms with Crippen LogP contribution in [0.25, 0.3) is 0 Å². The van der Waals surface area contributed by atoms with Crippen molar-refractivity contribution in [3.05, 3.63) is 29.0 Å². The number of rotatable bonds is 2. The number of aliphatic imine (C=N–C) groups is 2. The van der Waals surface area contributed by atoms with E-state index < -0.39 is 0 Å². The molecule has 0 aliphatic carbocycles. The van der Waals surface area contributed by atoms with Crippen LogP contribution >= 0.6 is 11.6 Å². The van der Waals surface area contributed by atoms with Gasteiger partial charge in [-0.25, -0.2) is 9.38 Å². The van der Waals surface area contributed by atoms with E-state index in [4.69, 9.17) is 11.6 Å². The summed E-state index contributed by atoms with van der Waals surface area (Å²) < 4.78 is 12.9. The van der Waals surface area contributed by atoms with Crippen LogP contribution < -0.4 is 5.32 Å². The lowest BCUT2D eigenvalue weighted by Crippen LogP contribution is -2.11. The van der Waals surface area contributed by atoms with Crippen molar-refractivity contribution in [1.82, 2.24) is 0 Å². The molecule has 1 aromatic rings. The minimum absolute atomic E-state index is 0.301. The van der Waals surface area contributed by atoms with Gasteiger partial charge in [-0.2, -0.15) is 0 Å². The second-order valence-corrected chi connectivity index (χ2v) is 3.90. The third-order valence-corrected chi connectivity index (χ3v) is 2.51. The summed E-state index contributed by atoms with van der Waals surface area (Å²) in [6.07, 6.45) is 0.845. The Balaban J connectivity index is 2.89. The van der Waals surface area contributed by atoms with Crippen LogP contribution in [0, 0.1) is 5.82 Å². The van der Waals surface area contributed by atoms with Crippen molar-refractivity contribution in [3.63, 3.8) is 0 Å². The lowest BCUT2D eigenvalue weighted by Gasteiger charge is -2.08. The van der Waals surface area contributed by atoms with Crippen molar-refractivity contribution in [2.45, 2.75) is 20.3 Å². The summed E-state index contributed by atoms with van der Waals surface area (Å²) in [6.45, 7) is 3.93. The molecule has 1 N–H and O–H groups in total. The van der Waals surface area contributed by atoms with Gasteiger partial charge in [0.1, 0.15) is 5.82 Å². The van der Waals surface area contributed by atoms with Gasteiger partial charge in [-0.15, -0.1) is 0 Å². The molecule has 0 unspecified atom stereocenters. The molecular formula is C12H15ClFN3. The molecule has 0 radical (unpaired) electrons. The molecule has 0 bridgehead atoms. The van der Waals surface area contributed by atoms with Crippen molar-refractivity contribution in [1.29, 1.82) is 0 Å². The Labute approximate surface area is 105 Å². The van der Waals surface area contributed by atoms with Crippen LogP contribution in [0.1, 0.15) is 20.3 Å². The lowest BCUT2D eigenvalue weighted by molar-refractivity contribution is 0.628. The van der Waals surface area contributed by atoms with Crippen LogP contribution in [0.5, 0.6) is 0 Å². The van der Waals surface area contributed by atoms with Crippen molar-refractivity contribution in [2.24, 2.45) is 9.98 Å². The minimum atomic E-state index is -0.372. The topological polar surface area (TPSA) is 36.8 Å². The second-order valence-electron chi connectivity index (χ2n) is 3.50. The van der Waals surface area contributed by atoms with E-state index in [0.717, 1.165) is 12.1 Å². The zero-order valence-electron chi connectivity index (χ0n) is 10.1. The number of anilines is 1. The van der Waals surface area contributed by atoms with Gasteiger partial charge in [0.05, 0.1) is 10.7 Å². The third kappa shape index (κ3) is 4.15. The summed E-state index contributed by atoms with van der Waals surface area (Å²) in [5.74, 6) is 0.0848. The number of hydrogen-bond donors (Lipinski definition) is 1. The fourth-order valence-corrected chi connectivity index (χ4v) is 1.32. The largest absolute Gasteiger partial charge is 0.323 e. The monoisotopic (exact) mass is 255 g/mol. The normalized spacial score (nSPS) is 12.8. The zero-order chi connectivity index (χ0) is 12.8. The fraction of sp³-hybridized carbons (Fsp3) is 0.333. The van der Waals surface area contributed by atoms with Crippen molar-refractivity contribution in [3.8, 4) is 0 Å². The summed E-state index contributed by atoms with van der Waals surface area (Å²) in [7, 11) is 1.63. The smallest absolute Gasteiger partial charge is 0.222 e. The molecule has 1 rings (SSSR count). The molecule has 5 heteroatoms. The van der Waals surface area contributed by atoms with E-state index in [1.54, 1.807) is 13.1 Å².